The SMILES string of the molecule is CC/C=C\C/C=C\C/C=C\C/C=C\C/C=C\C/C=C\CCCCCCCCCCCCCCCCC(=O)OC(COC(=O)CCCCCCCCCCCCCCCCCCC/C=C\C/C=C\C/C=C\C/C=C\C/C=C\CC)COP(=O)(O)OCCN. The fourth-order valence-electron chi connectivity index (χ4n) is 9.85. The van der Waals surface area contributed by atoms with Crippen LogP contribution in [0, 0.1) is 0 Å². The Balaban J connectivity index is 3.88. The largest absolute Gasteiger partial charge is 0.472 e. The molecule has 498 valence electrons. The van der Waals surface area contributed by atoms with Crippen molar-refractivity contribution in [2.24, 2.45) is 5.73 Å². The Bertz CT molecular complexity index is 1890. The number of rotatable bonds is 66. The molecule has 3 N–H and O–H groups in total. The molecule has 87 heavy (non-hydrogen) atoms. The molecule has 0 amide bonds. The van der Waals surface area contributed by atoms with Crippen LogP contribution in [0.4, 0.5) is 0 Å². The number of carbonyl (C=O) groups excluding carboxylic acids is 2. The molecule has 0 radical (unpaired) electrons. The number of phosphoric acid groups is 1. The van der Waals surface area contributed by atoms with Crippen LogP contribution in [0.15, 0.2) is 134 Å². The Morgan fingerprint density at radius 1 is 0.345 bits per heavy atom. The van der Waals surface area contributed by atoms with Crippen molar-refractivity contribution in [2.45, 2.75) is 315 Å². The highest BCUT2D eigenvalue weighted by atomic mass is 31.2. The standard InChI is InChI=1S/C77H132NO8P/c1-3-5-7-9-11-13-15-17-19-21-23-25-27-29-31-33-35-37-39-41-43-45-47-49-51-53-55-57-59-61-63-65-67-69-76(79)83-73-75(74-85-87(81,82)84-72-71-78)86-77(80)70-68-66-64-62-60-58-56-54-52-50-48-46-44-42-40-38-36-34-32-30-28-26-24-22-20-18-16-14-12-10-8-6-4-2/h5-8,11-14,17-20,23-26,29-32,36,38,75H,3-4,9-10,15-16,21-22,27-28,33-35,37,39-74,78H2,1-2H3,(H,81,82)/b7-5-,8-6-,13-11-,14-12-,19-17-,20-18-,25-23-,26-24-,31-29-,32-30-,38-36-. The van der Waals surface area contributed by atoms with Crippen molar-refractivity contribution >= 4 is 19.8 Å². The number of ether oxygens (including phenoxy) is 2. The van der Waals surface area contributed by atoms with Gasteiger partial charge in [-0.05, 0) is 109 Å². The van der Waals surface area contributed by atoms with Gasteiger partial charge in [-0.1, -0.05) is 321 Å². The van der Waals surface area contributed by atoms with E-state index >= 15 is 0 Å². The van der Waals surface area contributed by atoms with Gasteiger partial charge in [-0.3, -0.25) is 18.6 Å². The van der Waals surface area contributed by atoms with Crippen molar-refractivity contribution in [3.8, 4) is 0 Å². The molecule has 0 rings (SSSR count). The third kappa shape index (κ3) is 71.1. The van der Waals surface area contributed by atoms with Crippen molar-refractivity contribution < 1.29 is 37.6 Å². The summed E-state index contributed by atoms with van der Waals surface area (Å²) in [5, 5.41) is 0. The van der Waals surface area contributed by atoms with E-state index in [4.69, 9.17) is 24.3 Å². The lowest BCUT2D eigenvalue weighted by molar-refractivity contribution is -0.161. The summed E-state index contributed by atoms with van der Waals surface area (Å²) in [6, 6.07) is 0. The molecule has 0 bridgehead atoms. The fraction of sp³-hybridized carbons (Fsp3) is 0.688. The van der Waals surface area contributed by atoms with Gasteiger partial charge in [0, 0.05) is 19.4 Å². The normalized spacial score (nSPS) is 13.7. The predicted octanol–water partition coefficient (Wildman–Crippen LogP) is 23.6. The minimum atomic E-state index is -4.40. The number of hydrogen-bond donors (Lipinski definition) is 2. The second kappa shape index (κ2) is 71.2. The van der Waals surface area contributed by atoms with Gasteiger partial charge in [0.2, 0.25) is 0 Å². The van der Waals surface area contributed by atoms with Crippen molar-refractivity contribution in [2.75, 3.05) is 26.4 Å². The van der Waals surface area contributed by atoms with E-state index in [9.17, 15) is 19.0 Å². The zero-order valence-electron chi connectivity index (χ0n) is 56.0. The summed E-state index contributed by atoms with van der Waals surface area (Å²) in [7, 11) is -4.40. The first-order chi connectivity index (χ1) is 42.8. The lowest BCUT2D eigenvalue weighted by Gasteiger charge is -2.19. The molecule has 0 saturated heterocycles. The fourth-order valence-corrected chi connectivity index (χ4v) is 10.6. The molecular weight excluding hydrogens is 1100 g/mol. The Labute approximate surface area is 535 Å². The van der Waals surface area contributed by atoms with Crippen LogP contribution in [0.1, 0.15) is 309 Å². The van der Waals surface area contributed by atoms with Crippen LogP contribution in [0.25, 0.3) is 0 Å². The zero-order chi connectivity index (χ0) is 63.0. The molecule has 0 heterocycles. The van der Waals surface area contributed by atoms with Gasteiger partial charge >= 0.3 is 19.8 Å². The van der Waals surface area contributed by atoms with Crippen LogP contribution in [0.3, 0.4) is 0 Å². The van der Waals surface area contributed by atoms with Crippen LogP contribution in [0.5, 0.6) is 0 Å². The molecule has 0 fully saturated rings. The van der Waals surface area contributed by atoms with E-state index in [0.717, 1.165) is 109 Å². The minimum Gasteiger partial charge on any atom is -0.462 e. The van der Waals surface area contributed by atoms with Gasteiger partial charge in [-0.25, -0.2) is 4.57 Å². The molecule has 0 aliphatic carbocycles. The Kier molecular flexibility index (Phi) is 68.1. The number of carbonyl (C=O) groups is 2. The molecular formula is C77H132NO8P. The third-order valence-electron chi connectivity index (χ3n) is 15.0. The summed E-state index contributed by atoms with van der Waals surface area (Å²) in [6.07, 6.45) is 101. The number of unbranched alkanes of at least 4 members (excludes halogenated alkanes) is 31. The van der Waals surface area contributed by atoms with Crippen LogP contribution in [-0.2, 0) is 32.7 Å². The van der Waals surface area contributed by atoms with Crippen LogP contribution in [-0.4, -0.2) is 49.3 Å². The first-order valence-electron chi connectivity index (χ1n) is 35.7. The molecule has 0 aliphatic heterocycles. The first-order valence-corrected chi connectivity index (χ1v) is 37.2. The monoisotopic (exact) mass is 1230 g/mol. The van der Waals surface area contributed by atoms with E-state index in [1.54, 1.807) is 0 Å². The molecule has 0 aliphatic rings. The zero-order valence-corrected chi connectivity index (χ0v) is 56.9. The van der Waals surface area contributed by atoms with Crippen molar-refractivity contribution in [3.63, 3.8) is 0 Å². The maximum absolute atomic E-state index is 12.8. The molecule has 9 nitrogen and oxygen atoms in total. The molecule has 0 spiro atoms. The Morgan fingerprint density at radius 3 is 0.885 bits per heavy atom. The number of nitrogens with two attached hydrogens (primary N) is 1. The third-order valence-corrected chi connectivity index (χ3v) is 16.0. The van der Waals surface area contributed by atoms with Crippen molar-refractivity contribution in [1.82, 2.24) is 0 Å². The Morgan fingerprint density at radius 2 is 0.598 bits per heavy atom. The van der Waals surface area contributed by atoms with E-state index in [-0.39, 0.29) is 38.6 Å². The minimum absolute atomic E-state index is 0.0495. The molecule has 0 aromatic rings. The molecule has 2 unspecified atom stereocenters. The van der Waals surface area contributed by atoms with E-state index in [1.165, 1.54) is 167 Å². The Hall–Kier alpha value is -3.85. The molecule has 10 heteroatoms. The summed E-state index contributed by atoms with van der Waals surface area (Å²) in [6.45, 7) is 3.54. The highest BCUT2D eigenvalue weighted by Gasteiger charge is 2.26. The maximum Gasteiger partial charge on any atom is 0.472 e. The van der Waals surface area contributed by atoms with Gasteiger partial charge < -0.3 is 20.1 Å². The summed E-state index contributed by atoms with van der Waals surface area (Å²) < 4.78 is 33.2. The molecule has 2 atom stereocenters. The van der Waals surface area contributed by atoms with Gasteiger partial charge in [0.05, 0.1) is 13.2 Å². The van der Waals surface area contributed by atoms with E-state index < -0.39 is 26.5 Å². The molecule has 0 saturated carbocycles. The van der Waals surface area contributed by atoms with Gasteiger partial charge in [0.1, 0.15) is 6.61 Å². The van der Waals surface area contributed by atoms with E-state index in [0.29, 0.717) is 6.42 Å². The van der Waals surface area contributed by atoms with Crippen LogP contribution >= 0.6 is 7.82 Å². The molecule has 0 aromatic heterocycles. The number of allylic oxidation sites excluding steroid dienone is 22. The first kappa shape index (κ1) is 83.2. The van der Waals surface area contributed by atoms with Gasteiger partial charge in [0.25, 0.3) is 0 Å². The van der Waals surface area contributed by atoms with Gasteiger partial charge in [0.15, 0.2) is 6.10 Å². The van der Waals surface area contributed by atoms with Crippen LogP contribution in [0.2, 0.25) is 0 Å². The number of hydrogen-bond acceptors (Lipinski definition) is 8. The van der Waals surface area contributed by atoms with Gasteiger partial charge in [-0.2, -0.15) is 0 Å². The summed E-state index contributed by atoms with van der Waals surface area (Å²) in [5.41, 5.74) is 5.41. The lowest BCUT2D eigenvalue weighted by Crippen LogP contribution is -2.29. The summed E-state index contributed by atoms with van der Waals surface area (Å²) in [5.74, 6) is -0.823. The highest BCUT2D eigenvalue weighted by molar-refractivity contribution is 7.47. The quantitative estimate of drug-likeness (QED) is 0.0264. The average Bonchev–Trinajstić information content (AvgIpc) is 3.64. The van der Waals surface area contributed by atoms with Crippen LogP contribution < -0.4 is 5.73 Å². The summed E-state index contributed by atoms with van der Waals surface area (Å²) >= 11 is 0. The number of esters is 2. The average molecular weight is 1230 g/mol. The van der Waals surface area contributed by atoms with Gasteiger partial charge in [-0.15, -0.1) is 0 Å². The topological polar surface area (TPSA) is 134 Å². The van der Waals surface area contributed by atoms with Crippen molar-refractivity contribution in [1.29, 1.82) is 0 Å². The lowest BCUT2D eigenvalue weighted by atomic mass is 10.0. The summed E-state index contributed by atoms with van der Waals surface area (Å²) in [4.78, 5) is 35.4. The second-order valence-corrected chi connectivity index (χ2v) is 24.8. The second-order valence-electron chi connectivity index (χ2n) is 23.3. The number of phosphoric ester groups is 1. The smallest absolute Gasteiger partial charge is 0.462 e. The highest BCUT2D eigenvalue weighted by Crippen LogP contribution is 2.43. The van der Waals surface area contributed by atoms with E-state index in [2.05, 4.69) is 148 Å². The predicted molar refractivity (Wildman–Crippen MR) is 376 cm³/mol. The molecule has 0 aromatic carbocycles. The van der Waals surface area contributed by atoms with E-state index in [1.807, 2.05) is 0 Å². The maximum atomic E-state index is 12.8. The van der Waals surface area contributed by atoms with Crippen molar-refractivity contribution in [3.05, 3.63) is 134 Å².